The predicted octanol–water partition coefficient (Wildman–Crippen LogP) is 6.37. The molecule has 0 saturated heterocycles. The van der Waals surface area contributed by atoms with Crippen molar-refractivity contribution in [3.05, 3.63) is 70.7 Å². The minimum Gasteiger partial charge on any atom is -0.237 e. The summed E-state index contributed by atoms with van der Waals surface area (Å²) in [4.78, 5) is 9.22. The zero-order chi connectivity index (χ0) is 16.9. The van der Waals surface area contributed by atoms with Crippen molar-refractivity contribution in [1.29, 1.82) is 0 Å². The molecule has 25 heavy (non-hydrogen) atoms. The zero-order valence-corrected chi connectivity index (χ0v) is 15.9. The Morgan fingerprint density at radius 1 is 0.720 bits per heavy atom. The number of aromatic nitrogens is 2. The molecule has 0 amide bonds. The monoisotopic (exact) mass is 380 g/mol. The van der Waals surface area contributed by atoms with Crippen LogP contribution in [0, 0.1) is 0 Å². The van der Waals surface area contributed by atoms with Crippen molar-refractivity contribution in [3.8, 4) is 0 Å². The lowest BCUT2D eigenvalue weighted by atomic mass is 10.3. The number of nitrogens with zero attached hydrogens (tertiary/aromatic N) is 2. The van der Waals surface area contributed by atoms with E-state index in [1.807, 2.05) is 23.9 Å². The first kappa shape index (κ1) is 16.5. The van der Waals surface area contributed by atoms with E-state index in [1.54, 1.807) is 22.7 Å². The molecular weight excluding hydrogens is 364 g/mol. The molecule has 0 unspecified atom stereocenters. The Hall–Kier alpha value is -1.95. The van der Waals surface area contributed by atoms with Gasteiger partial charge in [0.25, 0.3) is 0 Å². The van der Waals surface area contributed by atoms with Crippen LogP contribution in [-0.4, -0.2) is 21.5 Å². The van der Waals surface area contributed by atoms with E-state index in [0.29, 0.717) is 0 Å². The van der Waals surface area contributed by atoms with Gasteiger partial charge in [-0.1, -0.05) is 36.4 Å². The lowest BCUT2D eigenvalue weighted by molar-refractivity contribution is 1.46. The average Bonchev–Trinajstić information content (AvgIpc) is 3.23. The fourth-order valence-electron chi connectivity index (χ4n) is 2.42. The van der Waals surface area contributed by atoms with Gasteiger partial charge in [0, 0.05) is 11.5 Å². The number of fused-ring (bicyclic) bond motifs is 2. The summed E-state index contributed by atoms with van der Waals surface area (Å²) in [7, 11) is 0. The predicted molar refractivity (Wildman–Crippen MR) is 115 cm³/mol. The number of thiazole rings is 2. The molecule has 0 saturated carbocycles. The van der Waals surface area contributed by atoms with E-state index in [9.17, 15) is 0 Å². The summed E-state index contributed by atoms with van der Waals surface area (Å²) in [6.45, 7) is 0. The van der Waals surface area contributed by atoms with E-state index >= 15 is 0 Å². The number of benzene rings is 2. The molecule has 4 aromatic rings. The van der Waals surface area contributed by atoms with Crippen LogP contribution < -0.4 is 0 Å². The van der Waals surface area contributed by atoms with E-state index in [4.69, 9.17) is 0 Å². The van der Waals surface area contributed by atoms with Gasteiger partial charge in [-0.05, 0) is 36.4 Å². The molecule has 0 aliphatic rings. The summed E-state index contributed by atoms with van der Waals surface area (Å²) in [6, 6.07) is 16.5. The zero-order valence-electron chi connectivity index (χ0n) is 13.5. The van der Waals surface area contributed by atoms with Gasteiger partial charge in [-0.25, -0.2) is 9.97 Å². The molecular formula is C20H16N2S3. The second-order valence-electron chi connectivity index (χ2n) is 5.38. The standard InChI is InChI=1S/C20H16N2S3/c1-3-9-17-15(7-1)21-19(24-17)11-5-13-23-14-6-12-20-22-16-8-2-4-10-18(16)25-20/h1-12H,13-14H2. The van der Waals surface area contributed by atoms with Gasteiger partial charge >= 0.3 is 0 Å². The maximum Gasteiger partial charge on any atom is 0.117 e. The molecule has 4 rings (SSSR count). The molecule has 0 bridgehead atoms. The largest absolute Gasteiger partial charge is 0.237 e. The number of hydrogen-bond acceptors (Lipinski definition) is 5. The molecule has 0 radical (unpaired) electrons. The average molecular weight is 381 g/mol. The van der Waals surface area contributed by atoms with Gasteiger partial charge in [-0.3, -0.25) is 0 Å². The molecule has 5 heteroatoms. The van der Waals surface area contributed by atoms with Crippen molar-refractivity contribution in [3.63, 3.8) is 0 Å². The van der Waals surface area contributed by atoms with Gasteiger partial charge in [0.1, 0.15) is 10.0 Å². The van der Waals surface area contributed by atoms with E-state index < -0.39 is 0 Å². The molecule has 0 N–H and O–H groups in total. The highest BCUT2D eigenvalue weighted by molar-refractivity contribution is 7.99. The van der Waals surface area contributed by atoms with Crippen LogP contribution in [0.15, 0.2) is 60.7 Å². The lowest BCUT2D eigenvalue weighted by Crippen LogP contribution is -1.75. The molecule has 0 atom stereocenters. The van der Waals surface area contributed by atoms with Crippen LogP contribution in [0.5, 0.6) is 0 Å². The number of para-hydroxylation sites is 2. The second kappa shape index (κ2) is 7.95. The van der Waals surface area contributed by atoms with Crippen molar-refractivity contribution < 1.29 is 0 Å². The van der Waals surface area contributed by atoms with Crippen molar-refractivity contribution in [1.82, 2.24) is 9.97 Å². The van der Waals surface area contributed by atoms with Crippen LogP contribution >= 0.6 is 34.4 Å². The molecule has 2 nitrogen and oxygen atoms in total. The van der Waals surface area contributed by atoms with Crippen LogP contribution in [0.2, 0.25) is 0 Å². The van der Waals surface area contributed by atoms with Crippen LogP contribution in [-0.2, 0) is 0 Å². The lowest BCUT2D eigenvalue weighted by Gasteiger charge is -1.90. The SMILES string of the molecule is C(=Cc1nc2ccccc2s1)CSCC=Cc1nc2ccccc2s1. The van der Waals surface area contributed by atoms with Crippen LogP contribution in [0.4, 0.5) is 0 Å². The third kappa shape index (κ3) is 4.18. The van der Waals surface area contributed by atoms with Crippen LogP contribution in [0.1, 0.15) is 10.0 Å². The second-order valence-corrected chi connectivity index (χ2v) is 8.58. The smallest absolute Gasteiger partial charge is 0.117 e. The Balaban J connectivity index is 1.26. The van der Waals surface area contributed by atoms with Crippen LogP contribution in [0.25, 0.3) is 32.6 Å². The molecule has 0 aliphatic heterocycles. The van der Waals surface area contributed by atoms with Gasteiger partial charge in [-0.15, -0.1) is 22.7 Å². The third-order valence-corrected chi connectivity index (χ3v) is 6.43. The van der Waals surface area contributed by atoms with E-state index in [0.717, 1.165) is 32.6 Å². The first-order chi connectivity index (χ1) is 12.4. The normalized spacial score (nSPS) is 12.2. The summed E-state index contributed by atoms with van der Waals surface area (Å²) in [5, 5.41) is 2.15. The first-order valence-electron chi connectivity index (χ1n) is 8.00. The van der Waals surface area contributed by atoms with E-state index in [1.165, 1.54) is 9.40 Å². The Morgan fingerprint density at radius 3 is 1.68 bits per heavy atom. The molecule has 0 spiro atoms. The number of thioether (sulfide) groups is 1. The maximum absolute atomic E-state index is 4.61. The summed E-state index contributed by atoms with van der Waals surface area (Å²) >= 11 is 5.36. The first-order valence-corrected chi connectivity index (χ1v) is 10.8. The minimum atomic E-state index is 0.986. The van der Waals surface area contributed by atoms with Gasteiger partial charge in [0.05, 0.1) is 20.4 Å². The van der Waals surface area contributed by atoms with Gasteiger partial charge < -0.3 is 0 Å². The van der Waals surface area contributed by atoms with Gasteiger partial charge in [0.2, 0.25) is 0 Å². The van der Waals surface area contributed by atoms with E-state index in [-0.39, 0.29) is 0 Å². The number of rotatable bonds is 6. The molecule has 0 fully saturated rings. The summed E-state index contributed by atoms with van der Waals surface area (Å²) in [6.07, 6.45) is 8.62. The van der Waals surface area contributed by atoms with Crippen molar-refractivity contribution in [2.75, 3.05) is 11.5 Å². The topological polar surface area (TPSA) is 25.8 Å². The van der Waals surface area contributed by atoms with Gasteiger partial charge in [-0.2, -0.15) is 11.8 Å². The molecule has 2 aromatic carbocycles. The highest BCUT2D eigenvalue weighted by Gasteiger charge is 1.99. The van der Waals surface area contributed by atoms with Gasteiger partial charge in [0.15, 0.2) is 0 Å². The third-order valence-electron chi connectivity index (χ3n) is 3.57. The Labute approximate surface area is 159 Å². The Morgan fingerprint density at radius 2 is 1.20 bits per heavy atom. The highest BCUT2D eigenvalue weighted by atomic mass is 32.2. The van der Waals surface area contributed by atoms with Crippen molar-refractivity contribution in [2.24, 2.45) is 0 Å². The van der Waals surface area contributed by atoms with Crippen molar-refractivity contribution >= 4 is 67.0 Å². The molecule has 124 valence electrons. The fraction of sp³-hybridized carbons (Fsp3) is 0.100. The minimum absolute atomic E-state index is 0.986. The highest BCUT2D eigenvalue weighted by Crippen LogP contribution is 2.23. The van der Waals surface area contributed by atoms with Crippen LogP contribution in [0.3, 0.4) is 0 Å². The molecule has 0 aliphatic carbocycles. The quantitative estimate of drug-likeness (QED) is 0.364. The maximum atomic E-state index is 4.61. The fourth-order valence-corrected chi connectivity index (χ4v) is 4.82. The summed E-state index contributed by atoms with van der Waals surface area (Å²) in [5.74, 6) is 1.97. The van der Waals surface area contributed by atoms with E-state index in [2.05, 4.69) is 70.7 Å². The Bertz CT molecular complexity index is 893. The summed E-state index contributed by atoms with van der Waals surface area (Å²) < 4.78 is 2.49. The van der Waals surface area contributed by atoms with Crippen molar-refractivity contribution in [2.45, 2.75) is 0 Å². The molecule has 2 heterocycles. The Kier molecular flexibility index (Phi) is 5.25. The summed E-state index contributed by atoms with van der Waals surface area (Å²) in [5.41, 5.74) is 2.16. The number of hydrogen-bond donors (Lipinski definition) is 0. The molecule has 2 aromatic heterocycles.